The number of ether oxygens (including phenoxy) is 1. The highest BCUT2D eigenvalue weighted by Crippen LogP contribution is 2.32. The molecule has 0 saturated carbocycles. The first kappa shape index (κ1) is 17.7. The lowest BCUT2D eigenvalue weighted by molar-refractivity contribution is -0.123. The van der Waals surface area contributed by atoms with Gasteiger partial charge in [-0.05, 0) is 59.9 Å². The van der Waals surface area contributed by atoms with E-state index in [9.17, 15) is 4.79 Å². The Morgan fingerprint density at radius 1 is 1.11 bits per heavy atom. The van der Waals surface area contributed by atoms with Gasteiger partial charge in [0, 0.05) is 10.0 Å². The number of amides is 1. The largest absolute Gasteiger partial charge is 0.484 e. The van der Waals surface area contributed by atoms with Crippen molar-refractivity contribution in [2.75, 3.05) is 6.61 Å². The van der Waals surface area contributed by atoms with E-state index in [1.165, 1.54) is 21.9 Å². The van der Waals surface area contributed by atoms with Crippen LogP contribution in [0.2, 0.25) is 0 Å². The van der Waals surface area contributed by atoms with Crippen molar-refractivity contribution in [1.82, 2.24) is 5.43 Å². The van der Waals surface area contributed by atoms with Crippen molar-refractivity contribution in [2.45, 2.75) is 19.8 Å². The lowest BCUT2D eigenvalue weighted by Crippen LogP contribution is -2.25. The van der Waals surface area contributed by atoms with E-state index in [4.69, 9.17) is 4.74 Å². The van der Waals surface area contributed by atoms with Crippen LogP contribution < -0.4 is 10.2 Å². The summed E-state index contributed by atoms with van der Waals surface area (Å²) < 4.78 is 6.39. The SMILES string of the molecule is C/C(=N/NC(=O)COc1cccc(Br)c1)c1ccc2c3c(cccc13)CC2. The van der Waals surface area contributed by atoms with Gasteiger partial charge in [0.25, 0.3) is 5.91 Å². The Hall–Kier alpha value is -2.66. The molecule has 136 valence electrons. The lowest BCUT2D eigenvalue weighted by atomic mass is 9.98. The fraction of sp³-hybridized carbons (Fsp3) is 0.182. The molecule has 1 aliphatic rings. The molecule has 0 spiro atoms. The summed E-state index contributed by atoms with van der Waals surface area (Å²) in [6.07, 6.45) is 2.19. The number of aryl methyl sites for hydroxylation is 2. The zero-order chi connectivity index (χ0) is 18.8. The zero-order valence-corrected chi connectivity index (χ0v) is 16.5. The molecule has 0 unspecified atom stereocenters. The van der Waals surface area contributed by atoms with Crippen LogP contribution in [0.25, 0.3) is 10.8 Å². The van der Waals surface area contributed by atoms with E-state index in [1.54, 1.807) is 6.07 Å². The number of hydrogen-bond donors (Lipinski definition) is 1. The molecule has 0 saturated heterocycles. The van der Waals surface area contributed by atoms with Crippen LogP contribution in [-0.2, 0) is 17.6 Å². The maximum atomic E-state index is 12.1. The number of nitrogens with zero attached hydrogens (tertiary/aromatic N) is 1. The van der Waals surface area contributed by atoms with Gasteiger partial charge in [0.1, 0.15) is 5.75 Å². The van der Waals surface area contributed by atoms with E-state index in [0.29, 0.717) is 5.75 Å². The van der Waals surface area contributed by atoms with E-state index in [2.05, 4.69) is 56.8 Å². The first-order chi connectivity index (χ1) is 13.1. The maximum Gasteiger partial charge on any atom is 0.277 e. The summed E-state index contributed by atoms with van der Waals surface area (Å²) in [5.74, 6) is 0.341. The second-order valence-electron chi connectivity index (χ2n) is 6.59. The molecule has 1 amide bonds. The number of hydrogen-bond acceptors (Lipinski definition) is 3. The van der Waals surface area contributed by atoms with Crippen molar-refractivity contribution in [3.63, 3.8) is 0 Å². The summed E-state index contributed by atoms with van der Waals surface area (Å²) in [6, 6.07) is 18.0. The average molecular weight is 423 g/mol. The normalized spacial score (nSPS) is 13.0. The number of carbonyl (C=O) groups excluding carboxylic acids is 1. The van der Waals surface area contributed by atoms with Gasteiger partial charge in [0.2, 0.25) is 0 Å². The van der Waals surface area contributed by atoms with Crippen molar-refractivity contribution in [1.29, 1.82) is 0 Å². The van der Waals surface area contributed by atoms with Crippen molar-refractivity contribution < 1.29 is 9.53 Å². The van der Waals surface area contributed by atoms with Gasteiger partial charge in [0.05, 0.1) is 5.71 Å². The van der Waals surface area contributed by atoms with E-state index in [0.717, 1.165) is 28.6 Å². The summed E-state index contributed by atoms with van der Waals surface area (Å²) in [5.41, 5.74) is 7.20. The summed E-state index contributed by atoms with van der Waals surface area (Å²) >= 11 is 3.38. The third kappa shape index (κ3) is 3.74. The van der Waals surface area contributed by atoms with Crippen molar-refractivity contribution >= 4 is 38.3 Å². The quantitative estimate of drug-likeness (QED) is 0.481. The Bertz CT molecular complexity index is 1050. The molecular formula is C22H19BrN2O2. The van der Waals surface area contributed by atoms with Crippen LogP contribution in [0.4, 0.5) is 0 Å². The second-order valence-corrected chi connectivity index (χ2v) is 7.51. The molecule has 0 fully saturated rings. The summed E-state index contributed by atoms with van der Waals surface area (Å²) in [6.45, 7) is 1.82. The third-order valence-corrected chi connectivity index (χ3v) is 5.27. The van der Waals surface area contributed by atoms with Gasteiger partial charge in [0.15, 0.2) is 6.61 Å². The second kappa shape index (κ2) is 7.53. The van der Waals surface area contributed by atoms with Crippen LogP contribution in [0.1, 0.15) is 23.6 Å². The molecule has 0 atom stereocenters. The monoisotopic (exact) mass is 422 g/mol. The van der Waals surface area contributed by atoms with E-state index in [-0.39, 0.29) is 12.5 Å². The molecule has 0 aromatic heterocycles. The average Bonchev–Trinajstić information content (AvgIpc) is 3.10. The molecule has 5 heteroatoms. The number of nitrogens with one attached hydrogen (secondary N) is 1. The predicted octanol–water partition coefficient (Wildman–Crippen LogP) is 4.62. The van der Waals surface area contributed by atoms with Gasteiger partial charge in [-0.3, -0.25) is 4.79 Å². The number of hydrazone groups is 1. The Labute approximate surface area is 166 Å². The molecule has 4 nitrogen and oxygen atoms in total. The number of rotatable bonds is 5. The van der Waals surface area contributed by atoms with Crippen LogP contribution in [0.15, 0.2) is 64.2 Å². The highest BCUT2D eigenvalue weighted by atomic mass is 79.9. The zero-order valence-electron chi connectivity index (χ0n) is 15.0. The summed E-state index contributed by atoms with van der Waals surface area (Å²) in [5, 5.41) is 6.82. The minimum Gasteiger partial charge on any atom is -0.484 e. The molecule has 0 bridgehead atoms. The van der Waals surface area contributed by atoms with E-state index >= 15 is 0 Å². The van der Waals surface area contributed by atoms with E-state index < -0.39 is 0 Å². The first-order valence-electron chi connectivity index (χ1n) is 8.87. The fourth-order valence-electron chi connectivity index (χ4n) is 3.51. The third-order valence-electron chi connectivity index (χ3n) is 4.78. The molecule has 0 heterocycles. The summed E-state index contributed by atoms with van der Waals surface area (Å²) in [7, 11) is 0. The Morgan fingerprint density at radius 3 is 2.70 bits per heavy atom. The Kier molecular flexibility index (Phi) is 4.94. The molecule has 1 aliphatic carbocycles. The lowest BCUT2D eigenvalue weighted by Gasteiger charge is -2.09. The molecule has 3 aromatic rings. The molecule has 1 N–H and O–H groups in total. The number of carbonyl (C=O) groups is 1. The maximum absolute atomic E-state index is 12.1. The van der Waals surface area contributed by atoms with Gasteiger partial charge in [-0.1, -0.05) is 52.3 Å². The minimum atomic E-state index is -0.291. The molecule has 4 rings (SSSR count). The van der Waals surface area contributed by atoms with Crippen LogP contribution in [0.5, 0.6) is 5.75 Å². The van der Waals surface area contributed by atoms with Crippen molar-refractivity contribution in [2.24, 2.45) is 5.10 Å². The smallest absolute Gasteiger partial charge is 0.277 e. The van der Waals surface area contributed by atoms with Gasteiger partial charge >= 0.3 is 0 Å². The standard InChI is InChI=1S/C22H19BrN2O2/c1-14(24-25-21(26)13-27-18-6-3-5-17(23)12-18)19-11-10-16-9-8-15-4-2-7-20(19)22(15)16/h2-7,10-12H,8-9,13H2,1H3,(H,25,26)/b24-14-. The molecule has 0 radical (unpaired) electrons. The van der Waals surface area contributed by atoms with E-state index in [1.807, 2.05) is 25.1 Å². The fourth-order valence-corrected chi connectivity index (χ4v) is 3.88. The molecule has 3 aromatic carbocycles. The highest BCUT2D eigenvalue weighted by Gasteiger charge is 2.16. The highest BCUT2D eigenvalue weighted by molar-refractivity contribution is 9.10. The van der Waals surface area contributed by atoms with Gasteiger partial charge in [-0.2, -0.15) is 5.10 Å². The molecule has 27 heavy (non-hydrogen) atoms. The van der Waals surface area contributed by atoms with Crippen molar-refractivity contribution in [3.8, 4) is 5.75 Å². The van der Waals surface area contributed by atoms with Gasteiger partial charge in [-0.25, -0.2) is 5.43 Å². The summed E-state index contributed by atoms with van der Waals surface area (Å²) in [4.78, 5) is 12.1. The minimum absolute atomic E-state index is 0.0862. The number of benzene rings is 3. The molecule has 0 aliphatic heterocycles. The predicted molar refractivity (Wildman–Crippen MR) is 111 cm³/mol. The Morgan fingerprint density at radius 2 is 1.89 bits per heavy atom. The van der Waals surface area contributed by atoms with Crippen LogP contribution in [-0.4, -0.2) is 18.2 Å². The number of halogens is 1. The first-order valence-corrected chi connectivity index (χ1v) is 9.66. The van der Waals surface area contributed by atoms with Crippen molar-refractivity contribution in [3.05, 3.63) is 75.8 Å². The van der Waals surface area contributed by atoms with Crippen LogP contribution in [0.3, 0.4) is 0 Å². The Balaban J connectivity index is 1.47. The van der Waals surface area contributed by atoms with Gasteiger partial charge < -0.3 is 4.74 Å². The molecular weight excluding hydrogens is 404 g/mol. The van der Waals surface area contributed by atoms with Crippen LogP contribution >= 0.6 is 15.9 Å². The van der Waals surface area contributed by atoms with Gasteiger partial charge in [-0.15, -0.1) is 0 Å². The topological polar surface area (TPSA) is 50.7 Å². The van der Waals surface area contributed by atoms with Crippen LogP contribution in [0, 0.1) is 0 Å².